The lowest BCUT2D eigenvalue weighted by molar-refractivity contribution is 0.104. The van der Waals surface area contributed by atoms with Gasteiger partial charge in [-0.1, -0.05) is 74.1 Å². The van der Waals surface area contributed by atoms with Crippen molar-refractivity contribution in [2.75, 3.05) is 0 Å². The van der Waals surface area contributed by atoms with E-state index in [-0.39, 0.29) is 0 Å². The molecular weight excluding hydrogens is 272 g/mol. The van der Waals surface area contributed by atoms with Crippen LogP contribution in [0.25, 0.3) is 0 Å². The Bertz CT molecular complexity index is 246. The first-order chi connectivity index (χ1) is 9.76. The van der Waals surface area contributed by atoms with E-state index in [2.05, 4.69) is 48.5 Å². The number of hydrogen-bond donors (Lipinski definition) is 1. The normalized spacial score (nSPS) is 18.0. The predicted octanol–water partition coefficient (Wildman–Crippen LogP) is 7.38. The molecule has 0 aliphatic carbocycles. The van der Waals surface area contributed by atoms with E-state index in [4.69, 9.17) is 12.6 Å². The number of hydrogen-bond acceptors (Lipinski definition) is 1. The molecule has 21 heavy (non-hydrogen) atoms. The van der Waals surface area contributed by atoms with Crippen molar-refractivity contribution in [3.8, 4) is 0 Å². The van der Waals surface area contributed by atoms with Crippen molar-refractivity contribution in [3.05, 3.63) is 0 Å². The van der Waals surface area contributed by atoms with Crippen LogP contribution in [0.4, 0.5) is 0 Å². The minimum Gasteiger partial charge on any atom is -0.176 e. The second kappa shape index (κ2) is 11.0. The Morgan fingerprint density at radius 2 is 1.52 bits per heavy atom. The highest BCUT2D eigenvalue weighted by molar-refractivity contribution is 7.81. The highest BCUT2D eigenvalue weighted by Crippen LogP contribution is 2.46. The van der Waals surface area contributed by atoms with Crippen LogP contribution < -0.4 is 0 Å². The van der Waals surface area contributed by atoms with Gasteiger partial charge in [0.2, 0.25) is 0 Å². The molecule has 0 spiro atoms. The van der Waals surface area contributed by atoms with Gasteiger partial charge in [0.25, 0.3) is 0 Å². The highest BCUT2D eigenvalue weighted by Gasteiger charge is 2.37. The molecule has 0 saturated heterocycles. The Kier molecular flexibility index (Phi) is 11.2. The molecule has 0 fully saturated rings. The van der Waals surface area contributed by atoms with E-state index < -0.39 is 0 Å². The third-order valence-corrected chi connectivity index (χ3v) is 5.70. The second-order valence-electron chi connectivity index (χ2n) is 8.27. The van der Waals surface area contributed by atoms with Gasteiger partial charge in [-0.3, -0.25) is 0 Å². The summed E-state index contributed by atoms with van der Waals surface area (Å²) < 4.78 is 0. The Labute approximate surface area is 141 Å². The first-order valence-electron chi connectivity index (χ1n) is 9.44. The Balaban J connectivity index is 4.99. The van der Waals surface area contributed by atoms with Gasteiger partial charge >= 0.3 is 0 Å². The number of rotatable bonds is 12. The Hall–Kier alpha value is 0.350. The quantitative estimate of drug-likeness (QED) is 0.282. The van der Waals surface area contributed by atoms with Gasteiger partial charge in [0, 0.05) is 5.25 Å². The van der Waals surface area contributed by atoms with Crippen LogP contribution in [0.15, 0.2) is 0 Å². The molecule has 128 valence electrons. The molecule has 0 aromatic rings. The predicted molar refractivity (Wildman–Crippen MR) is 102 cm³/mol. The largest absolute Gasteiger partial charge is 0.176 e. The van der Waals surface area contributed by atoms with Gasteiger partial charge in [-0.05, 0) is 48.9 Å². The standard InChI is InChI=1S/C20H42S/c1-8-10-11-12-13-20(7,15-17(5)6)18(14-16(3)4)19(21)9-2/h16-19,21H,8-15H2,1-7H3. The van der Waals surface area contributed by atoms with E-state index in [0.29, 0.717) is 10.7 Å². The van der Waals surface area contributed by atoms with E-state index in [1.807, 2.05) is 0 Å². The fourth-order valence-electron chi connectivity index (χ4n) is 4.03. The molecule has 0 heterocycles. The zero-order chi connectivity index (χ0) is 16.5. The Morgan fingerprint density at radius 3 is 1.95 bits per heavy atom. The molecule has 0 N–H and O–H groups in total. The average Bonchev–Trinajstić information content (AvgIpc) is 2.39. The number of unbranched alkanes of at least 4 members (excludes halogenated alkanes) is 3. The minimum absolute atomic E-state index is 0.467. The first kappa shape index (κ1) is 21.4. The fraction of sp³-hybridized carbons (Fsp3) is 1.00. The molecule has 1 heteroatoms. The summed E-state index contributed by atoms with van der Waals surface area (Å²) in [5.41, 5.74) is 0.467. The first-order valence-corrected chi connectivity index (χ1v) is 9.96. The molecule has 0 aromatic heterocycles. The van der Waals surface area contributed by atoms with Gasteiger partial charge in [0.15, 0.2) is 0 Å². The van der Waals surface area contributed by atoms with Crippen molar-refractivity contribution < 1.29 is 0 Å². The summed E-state index contributed by atoms with van der Waals surface area (Å²) in [5.74, 6) is 2.32. The van der Waals surface area contributed by atoms with Crippen LogP contribution in [0.5, 0.6) is 0 Å². The lowest BCUT2D eigenvalue weighted by Crippen LogP contribution is -2.36. The Morgan fingerprint density at radius 1 is 0.905 bits per heavy atom. The third-order valence-electron chi connectivity index (χ3n) is 4.98. The van der Waals surface area contributed by atoms with Crippen LogP contribution in [0.1, 0.15) is 99.8 Å². The van der Waals surface area contributed by atoms with Crippen molar-refractivity contribution in [3.63, 3.8) is 0 Å². The molecule has 0 radical (unpaired) electrons. The van der Waals surface area contributed by atoms with Crippen LogP contribution >= 0.6 is 12.6 Å². The molecule has 0 amide bonds. The summed E-state index contributed by atoms with van der Waals surface area (Å²) >= 11 is 4.98. The topological polar surface area (TPSA) is 0 Å². The average molecular weight is 315 g/mol. The van der Waals surface area contributed by atoms with Crippen molar-refractivity contribution in [1.29, 1.82) is 0 Å². The van der Waals surface area contributed by atoms with Gasteiger partial charge in [-0.15, -0.1) is 0 Å². The molecule has 0 saturated carbocycles. The molecule has 0 rings (SSSR count). The van der Waals surface area contributed by atoms with E-state index in [9.17, 15) is 0 Å². The lowest BCUT2D eigenvalue weighted by atomic mass is 9.64. The molecule has 0 nitrogen and oxygen atoms in total. The fourth-order valence-corrected chi connectivity index (χ4v) is 4.51. The van der Waals surface area contributed by atoms with Crippen molar-refractivity contribution in [2.24, 2.45) is 23.2 Å². The van der Waals surface area contributed by atoms with Crippen LogP contribution in [0, 0.1) is 23.2 Å². The maximum absolute atomic E-state index is 4.98. The lowest BCUT2D eigenvalue weighted by Gasteiger charge is -2.43. The molecule has 0 aliphatic rings. The van der Waals surface area contributed by atoms with E-state index in [1.54, 1.807) is 0 Å². The van der Waals surface area contributed by atoms with Crippen LogP contribution in [-0.2, 0) is 0 Å². The molecule has 0 aliphatic heterocycles. The summed E-state index contributed by atoms with van der Waals surface area (Å²) in [4.78, 5) is 0. The maximum atomic E-state index is 4.98. The van der Waals surface area contributed by atoms with Gasteiger partial charge in [-0.2, -0.15) is 12.6 Å². The third kappa shape index (κ3) is 8.53. The van der Waals surface area contributed by atoms with Gasteiger partial charge in [0.1, 0.15) is 0 Å². The SMILES string of the molecule is CCCCCCC(C)(CC(C)C)C(CC(C)C)C(S)CC. The second-order valence-corrected chi connectivity index (χ2v) is 8.94. The molecule has 3 unspecified atom stereocenters. The van der Waals surface area contributed by atoms with Crippen LogP contribution in [0.3, 0.4) is 0 Å². The van der Waals surface area contributed by atoms with Crippen molar-refractivity contribution in [2.45, 2.75) is 105 Å². The highest BCUT2D eigenvalue weighted by atomic mass is 32.1. The number of thiol groups is 1. The van der Waals surface area contributed by atoms with E-state index >= 15 is 0 Å². The van der Waals surface area contributed by atoms with Crippen molar-refractivity contribution in [1.82, 2.24) is 0 Å². The zero-order valence-electron chi connectivity index (χ0n) is 15.9. The monoisotopic (exact) mass is 314 g/mol. The van der Waals surface area contributed by atoms with E-state index in [1.165, 1.54) is 51.4 Å². The van der Waals surface area contributed by atoms with Crippen molar-refractivity contribution >= 4 is 12.6 Å². The summed E-state index contributed by atoms with van der Waals surface area (Å²) in [6.45, 7) is 16.7. The maximum Gasteiger partial charge on any atom is 0.00477 e. The van der Waals surface area contributed by atoms with Gasteiger partial charge < -0.3 is 0 Å². The summed E-state index contributed by atoms with van der Waals surface area (Å²) in [7, 11) is 0. The molecule has 0 bridgehead atoms. The smallest absolute Gasteiger partial charge is 0.00477 e. The van der Waals surface area contributed by atoms with Crippen LogP contribution in [-0.4, -0.2) is 5.25 Å². The zero-order valence-corrected chi connectivity index (χ0v) is 16.8. The molecule has 0 aromatic carbocycles. The summed E-state index contributed by atoms with van der Waals surface area (Å²) in [6.07, 6.45) is 10.8. The van der Waals surface area contributed by atoms with Crippen LogP contribution in [0.2, 0.25) is 0 Å². The van der Waals surface area contributed by atoms with Gasteiger partial charge in [0.05, 0.1) is 0 Å². The minimum atomic E-state index is 0.467. The van der Waals surface area contributed by atoms with E-state index in [0.717, 1.165) is 17.8 Å². The van der Waals surface area contributed by atoms with Gasteiger partial charge in [-0.25, -0.2) is 0 Å². The summed E-state index contributed by atoms with van der Waals surface area (Å²) in [5, 5.41) is 0.558. The molecule has 3 atom stereocenters. The summed E-state index contributed by atoms with van der Waals surface area (Å²) in [6, 6.07) is 0. The molecular formula is C20H42S.